The molecule has 2 rings (SSSR count). The number of carbonyl (C=O) groups excluding carboxylic acids is 1. The summed E-state index contributed by atoms with van der Waals surface area (Å²) in [6.45, 7) is 0. The lowest BCUT2D eigenvalue weighted by atomic mass is 10.1. The minimum atomic E-state index is -1.60. The maximum atomic E-state index is 13.0. The van der Waals surface area contributed by atoms with Crippen LogP contribution < -0.4 is 0 Å². The van der Waals surface area contributed by atoms with Crippen molar-refractivity contribution in [1.29, 1.82) is 0 Å². The van der Waals surface area contributed by atoms with Gasteiger partial charge in [-0.05, 0) is 42.5 Å². The van der Waals surface area contributed by atoms with Crippen LogP contribution in [-0.4, -0.2) is 15.7 Å². The standard InChI is InChI=1S/C15H11F3O2S/c16-11-3-1-10(2-4-11)15(19)7-8-21(20)12-5-6-13(17)14(18)9-12/h1-6,9H,7-8H2. The lowest BCUT2D eigenvalue weighted by Gasteiger charge is -2.03. The number of benzene rings is 2. The second kappa shape index (κ2) is 6.67. The molecule has 6 heteroatoms. The van der Waals surface area contributed by atoms with Crippen molar-refractivity contribution in [3.8, 4) is 0 Å². The number of carbonyl (C=O) groups is 1. The fraction of sp³-hybridized carbons (Fsp3) is 0.133. The van der Waals surface area contributed by atoms with Gasteiger partial charge in [-0.1, -0.05) is 0 Å². The number of halogens is 3. The summed E-state index contributed by atoms with van der Waals surface area (Å²) in [5, 5.41) is 0. The highest BCUT2D eigenvalue weighted by Gasteiger charge is 2.12. The second-order valence-electron chi connectivity index (χ2n) is 4.31. The lowest BCUT2D eigenvalue weighted by molar-refractivity contribution is 0.0989. The van der Waals surface area contributed by atoms with Gasteiger partial charge in [0, 0.05) is 22.6 Å². The average Bonchev–Trinajstić information content (AvgIpc) is 2.48. The quantitative estimate of drug-likeness (QED) is 0.792. The van der Waals surface area contributed by atoms with Crippen LogP contribution in [0, 0.1) is 17.5 Å². The zero-order valence-electron chi connectivity index (χ0n) is 10.8. The van der Waals surface area contributed by atoms with Crippen LogP contribution >= 0.6 is 0 Å². The topological polar surface area (TPSA) is 34.1 Å². The van der Waals surface area contributed by atoms with Gasteiger partial charge in [0.05, 0.1) is 10.8 Å². The van der Waals surface area contributed by atoms with Crippen LogP contribution in [0.2, 0.25) is 0 Å². The van der Waals surface area contributed by atoms with Gasteiger partial charge < -0.3 is 0 Å². The van der Waals surface area contributed by atoms with E-state index in [4.69, 9.17) is 0 Å². The van der Waals surface area contributed by atoms with E-state index in [9.17, 15) is 22.2 Å². The summed E-state index contributed by atoms with van der Waals surface area (Å²) >= 11 is 0. The molecule has 0 saturated heterocycles. The summed E-state index contributed by atoms with van der Waals surface area (Å²) < 4.78 is 50.4. The Morgan fingerprint density at radius 2 is 1.62 bits per heavy atom. The predicted molar refractivity (Wildman–Crippen MR) is 73.0 cm³/mol. The lowest BCUT2D eigenvalue weighted by Crippen LogP contribution is -2.07. The molecule has 0 bridgehead atoms. The number of hydrogen-bond donors (Lipinski definition) is 0. The zero-order chi connectivity index (χ0) is 15.4. The SMILES string of the molecule is O=C(CCS(=O)c1ccc(F)c(F)c1)c1ccc(F)cc1. The Morgan fingerprint density at radius 1 is 0.952 bits per heavy atom. The third kappa shape index (κ3) is 4.01. The van der Waals surface area contributed by atoms with E-state index in [1.807, 2.05) is 0 Å². The van der Waals surface area contributed by atoms with E-state index in [0.29, 0.717) is 5.56 Å². The molecule has 0 aliphatic carbocycles. The Balaban J connectivity index is 1.98. The number of Topliss-reactive ketones (excluding diaryl/α,β-unsaturated/α-hetero) is 1. The van der Waals surface area contributed by atoms with E-state index in [1.54, 1.807) is 0 Å². The van der Waals surface area contributed by atoms with E-state index in [-0.39, 0.29) is 22.9 Å². The third-order valence-electron chi connectivity index (χ3n) is 2.83. The Morgan fingerprint density at radius 3 is 2.24 bits per heavy atom. The van der Waals surface area contributed by atoms with Gasteiger partial charge in [0.15, 0.2) is 17.4 Å². The van der Waals surface area contributed by atoms with Gasteiger partial charge in [-0.15, -0.1) is 0 Å². The Bertz CT molecular complexity index is 684. The molecule has 0 N–H and O–H groups in total. The fourth-order valence-electron chi connectivity index (χ4n) is 1.70. The third-order valence-corrected chi connectivity index (χ3v) is 4.19. The van der Waals surface area contributed by atoms with Gasteiger partial charge in [0.1, 0.15) is 5.82 Å². The molecule has 2 nitrogen and oxygen atoms in total. The minimum absolute atomic E-state index is 0.0126. The first-order valence-electron chi connectivity index (χ1n) is 6.09. The molecule has 2 aromatic carbocycles. The molecule has 0 radical (unpaired) electrons. The van der Waals surface area contributed by atoms with E-state index >= 15 is 0 Å². The molecule has 0 amide bonds. The molecule has 1 atom stereocenters. The maximum Gasteiger partial charge on any atom is 0.163 e. The highest BCUT2D eigenvalue weighted by Crippen LogP contribution is 2.14. The first-order chi connectivity index (χ1) is 9.97. The van der Waals surface area contributed by atoms with Crippen LogP contribution in [0.25, 0.3) is 0 Å². The number of rotatable bonds is 5. The zero-order valence-corrected chi connectivity index (χ0v) is 11.6. The molecule has 0 aromatic heterocycles. The van der Waals surface area contributed by atoms with Gasteiger partial charge in [-0.2, -0.15) is 0 Å². The molecular weight excluding hydrogens is 301 g/mol. The van der Waals surface area contributed by atoms with E-state index in [2.05, 4.69) is 0 Å². The Kier molecular flexibility index (Phi) is 4.90. The van der Waals surface area contributed by atoms with E-state index < -0.39 is 28.3 Å². The van der Waals surface area contributed by atoms with E-state index in [0.717, 1.165) is 12.1 Å². The maximum absolute atomic E-state index is 13.0. The molecule has 0 spiro atoms. The van der Waals surface area contributed by atoms with Crippen molar-refractivity contribution in [2.24, 2.45) is 0 Å². The second-order valence-corrected chi connectivity index (χ2v) is 5.88. The van der Waals surface area contributed by atoms with E-state index in [1.165, 1.54) is 30.3 Å². The molecule has 2 aromatic rings. The average molecular weight is 312 g/mol. The van der Waals surface area contributed by atoms with Crippen LogP contribution in [-0.2, 0) is 10.8 Å². The molecule has 0 saturated carbocycles. The highest BCUT2D eigenvalue weighted by atomic mass is 32.2. The Hall–Kier alpha value is -1.95. The summed E-state index contributed by atoms with van der Waals surface area (Å²) in [6.07, 6.45) is -0.0305. The molecule has 0 aliphatic heterocycles. The van der Waals surface area contributed by atoms with Crippen LogP contribution in [0.15, 0.2) is 47.4 Å². The predicted octanol–water partition coefficient (Wildman–Crippen LogP) is 3.48. The summed E-state index contributed by atoms with van der Waals surface area (Å²) in [7, 11) is -1.60. The van der Waals surface area contributed by atoms with Crippen molar-refractivity contribution in [2.45, 2.75) is 11.3 Å². The monoisotopic (exact) mass is 312 g/mol. The molecule has 1 unspecified atom stereocenters. The van der Waals surface area contributed by atoms with Crippen molar-refractivity contribution < 1.29 is 22.2 Å². The summed E-state index contributed by atoms with van der Waals surface area (Å²) in [6, 6.07) is 7.99. The van der Waals surface area contributed by atoms with Crippen LogP contribution in [0.4, 0.5) is 13.2 Å². The van der Waals surface area contributed by atoms with Crippen LogP contribution in [0.5, 0.6) is 0 Å². The number of hydrogen-bond acceptors (Lipinski definition) is 2. The largest absolute Gasteiger partial charge is 0.294 e. The Labute approximate surface area is 122 Å². The van der Waals surface area contributed by atoms with Crippen LogP contribution in [0.3, 0.4) is 0 Å². The molecule has 0 heterocycles. The summed E-state index contributed by atoms with van der Waals surface area (Å²) in [4.78, 5) is 11.9. The minimum Gasteiger partial charge on any atom is -0.294 e. The first kappa shape index (κ1) is 15.4. The first-order valence-corrected chi connectivity index (χ1v) is 7.41. The normalized spacial score (nSPS) is 12.1. The summed E-state index contributed by atoms with van der Waals surface area (Å²) in [5.74, 6) is -2.84. The molecule has 0 fully saturated rings. The smallest absolute Gasteiger partial charge is 0.163 e. The van der Waals surface area contributed by atoms with Crippen LogP contribution in [0.1, 0.15) is 16.8 Å². The molecule has 110 valence electrons. The van der Waals surface area contributed by atoms with Crippen molar-refractivity contribution in [3.63, 3.8) is 0 Å². The van der Waals surface area contributed by atoms with Crippen molar-refractivity contribution in [3.05, 3.63) is 65.5 Å². The van der Waals surface area contributed by atoms with Gasteiger partial charge >= 0.3 is 0 Å². The van der Waals surface area contributed by atoms with Gasteiger partial charge in [0.2, 0.25) is 0 Å². The summed E-state index contributed by atoms with van der Waals surface area (Å²) in [5.41, 5.74) is 0.318. The van der Waals surface area contributed by atoms with Gasteiger partial charge in [-0.3, -0.25) is 9.00 Å². The molecular formula is C15H11F3O2S. The van der Waals surface area contributed by atoms with Crippen molar-refractivity contribution >= 4 is 16.6 Å². The van der Waals surface area contributed by atoms with Crippen molar-refractivity contribution in [2.75, 3.05) is 5.75 Å². The molecule has 0 aliphatic rings. The molecule has 21 heavy (non-hydrogen) atoms. The fourth-order valence-corrected chi connectivity index (χ4v) is 2.76. The van der Waals surface area contributed by atoms with Gasteiger partial charge in [0.25, 0.3) is 0 Å². The highest BCUT2D eigenvalue weighted by molar-refractivity contribution is 7.85. The van der Waals surface area contributed by atoms with Crippen molar-refractivity contribution in [1.82, 2.24) is 0 Å². The van der Waals surface area contributed by atoms with Gasteiger partial charge in [-0.25, -0.2) is 13.2 Å². The number of ketones is 1.